The summed E-state index contributed by atoms with van der Waals surface area (Å²) in [4.78, 5) is 14.9. The molecule has 152 valence electrons. The van der Waals surface area contributed by atoms with Crippen molar-refractivity contribution in [1.29, 1.82) is 0 Å². The smallest absolute Gasteiger partial charge is 0.267 e. The maximum atomic E-state index is 13.1. The van der Waals surface area contributed by atoms with Gasteiger partial charge in [-0.3, -0.25) is 9.10 Å². The van der Waals surface area contributed by atoms with Gasteiger partial charge in [0.25, 0.3) is 15.9 Å². The standard InChI is InChI=1S/C21H23N3O3S2/c1-15-5-9-18(10-6-15)24(4)29(26,27)19-13-14-28-20(19)21(25)22-16-7-11-17(12-8-16)23(2)3/h5-14H,1-4H3,(H,22,25). The fourth-order valence-corrected chi connectivity index (χ4v) is 5.23. The van der Waals surface area contributed by atoms with Gasteiger partial charge in [-0.25, -0.2) is 8.42 Å². The topological polar surface area (TPSA) is 69.7 Å². The van der Waals surface area contributed by atoms with E-state index in [2.05, 4.69) is 5.32 Å². The van der Waals surface area contributed by atoms with E-state index >= 15 is 0 Å². The van der Waals surface area contributed by atoms with Crippen LogP contribution in [0, 0.1) is 6.92 Å². The molecule has 0 radical (unpaired) electrons. The van der Waals surface area contributed by atoms with Crippen LogP contribution in [0.15, 0.2) is 64.9 Å². The number of nitrogens with zero attached hydrogens (tertiary/aromatic N) is 2. The number of carbonyl (C=O) groups is 1. The van der Waals surface area contributed by atoms with Crippen molar-refractivity contribution in [2.45, 2.75) is 11.8 Å². The second kappa shape index (κ2) is 8.26. The molecule has 0 bridgehead atoms. The first kappa shape index (κ1) is 20.9. The van der Waals surface area contributed by atoms with Gasteiger partial charge in [0.05, 0.1) is 5.69 Å². The number of anilines is 3. The minimum Gasteiger partial charge on any atom is -0.378 e. The first-order chi connectivity index (χ1) is 13.7. The average molecular weight is 430 g/mol. The lowest BCUT2D eigenvalue weighted by molar-refractivity contribution is 0.102. The quantitative estimate of drug-likeness (QED) is 0.638. The summed E-state index contributed by atoms with van der Waals surface area (Å²) in [5.74, 6) is -0.450. The molecule has 0 aliphatic heterocycles. The van der Waals surface area contributed by atoms with Crippen LogP contribution in [-0.4, -0.2) is 35.5 Å². The zero-order valence-electron chi connectivity index (χ0n) is 16.7. The Morgan fingerprint density at radius 3 is 2.07 bits per heavy atom. The minimum atomic E-state index is -3.87. The summed E-state index contributed by atoms with van der Waals surface area (Å²) in [6.45, 7) is 1.94. The van der Waals surface area contributed by atoms with Crippen molar-refractivity contribution >= 4 is 44.3 Å². The van der Waals surface area contributed by atoms with Gasteiger partial charge < -0.3 is 10.2 Å². The van der Waals surface area contributed by atoms with Gasteiger partial charge in [0.1, 0.15) is 9.77 Å². The second-order valence-corrected chi connectivity index (χ2v) is 9.67. The molecule has 0 saturated heterocycles. The van der Waals surface area contributed by atoms with E-state index in [1.807, 2.05) is 50.2 Å². The summed E-state index contributed by atoms with van der Waals surface area (Å²) in [7, 11) is 1.48. The number of amides is 1. The highest BCUT2D eigenvalue weighted by Gasteiger charge is 2.28. The third-order valence-electron chi connectivity index (χ3n) is 4.51. The number of sulfonamides is 1. The van der Waals surface area contributed by atoms with Gasteiger partial charge in [-0.2, -0.15) is 0 Å². The number of nitrogens with one attached hydrogen (secondary N) is 1. The van der Waals surface area contributed by atoms with E-state index in [-0.39, 0.29) is 9.77 Å². The molecule has 0 spiro atoms. The predicted octanol–water partition coefficient (Wildman–Crippen LogP) is 4.20. The van der Waals surface area contributed by atoms with E-state index in [1.165, 1.54) is 17.4 Å². The van der Waals surface area contributed by atoms with Gasteiger partial charge in [0.15, 0.2) is 0 Å². The van der Waals surface area contributed by atoms with Gasteiger partial charge in [0, 0.05) is 32.5 Å². The van der Waals surface area contributed by atoms with E-state index in [4.69, 9.17) is 0 Å². The van der Waals surface area contributed by atoms with Crippen LogP contribution in [0.3, 0.4) is 0 Å². The molecular formula is C21H23N3O3S2. The van der Waals surface area contributed by atoms with E-state index in [0.717, 1.165) is 22.6 Å². The van der Waals surface area contributed by atoms with Crippen LogP contribution in [0.5, 0.6) is 0 Å². The predicted molar refractivity (Wildman–Crippen MR) is 120 cm³/mol. The average Bonchev–Trinajstić information content (AvgIpc) is 3.19. The zero-order chi connectivity index (χ0) is 21.2. The highest BCUT2D eigenvalue weighted by molar-refractivity contribution is 7.93. The Morgan fingerprint density at radius 1 is 0.897 bits per heavy atom. The fraction of sp³-hybridized carbons (Fsp3) is 0.190. The highest BCUT2D eigenvalue weighted by atomic mass is 32.2. The van der Waals surface area contributed by atoms with E-state index < -0.39 is 15.9 Å². The highest BCUT2D eigenvalue weighted by Crippen LogP contribution is 2.29. The third-order valence-corrected chi connectivity index (χ3v) is 7.38. The van der Waals surface area contributed by atoms with E-state index in [1.54, 1.807) is 29.6 Å². The number of carbonyl (C=O) groups excluding carboxylic acids is 1. The SMILES string of the molecule is Cc1ccc(N(C)S(=O)(=O)c2ccsc2C(=O)Nc2ccc(N(C)C)cc2)cc1. The molecule has 0 atom stereocenters. The summed E-state index contributed by atoms with van der Waals surface area (Å²) in [5, 5.41) is 4.39. The molecule has 1 N–H and O–H groups in total. The number of hydrogen-bond acceptors (Lipinski definition) is 5. The largest absolute Gasteiger partial charge is 0.378 e. The maximum absolute atomic E-state index is 13.1. The third kappa shape index (κ3) is 4.44. The Kier molecular flexibility index (Phi) is 5.95. The van der Waals surface area contributed by atoms with Crippen LogP contribution in [0.25, 0.3) is 0 Å². The molecule has 0 saturated carbocycles. The molecule has 0 aliphatic rings. The summed E-state index contributed by atoms with van der Waals surface area (Å²) in [6.07, 6.45) is 0. The molecule has 0 aliphatic carbocycles. The molecule has 0 fully saturated rings. The second-order valence-electron chi connectivity index (χ2n) is 6.82. The Bertz CT molecular complexity index is 1100. The van der Waals surface area contributed by atoms with Crippen LogP contribution < -0.4 is 14.5 Å². The van der Waals surface area contributed by atoms with Crippen molar-refractivity contribution in [3.8, 4) is 0 Å². The normalized spacial score (nSPS) is 11.2. The monoisotopic (exact) mass is 429 g/mol. The molecule has 0 unspecified atom stereocenters. The summed E-state index contributed by atoms with van der Waals surface area (Å²) in [6, 6.07) is 16.0. The molecule has 2 aromatic carbocycles. The lowest BCUT2D eigenvalue weighted by Crippen LogP contribution is -2.28. The Labute approximate surface area is 175 Å². The van der Waals surface area contributed by atoms with Crippen molar-refractivity contribution in [1.82, 2.24) is 0 Å². The van der Waals surface area contributed by atoms with Crippen molar-refractivity contribution in [2.75, 3.05) is 35.7 Å². The van der Waals surface area contributed by atoms with Gasteiger partial charge >= 0.3 is 0 Å². The van der Waals surface area contributed by atoms with Gasteiger partial charge in [-0.15, -0.1) is 11.3 Å². The number of thiophene rings is 1. The van der Waals surface area contributed by atoms with Crippen molar-refractivity contribution in [3.05, 3.63) is 70.4 Å². The van der Waals surface area contributed by atoms with Gasteiger partial charge in [0.2, 0.25) is 0 Å². The van der Waals surface area contributed by atoms with E-state index in [0.29, 0.717) is 11.4 Å². The molecule has 8 heteroatoms. The van der Waals surface area contributed by atoms with Crippen molar-refractivity contribution in [2.24, 2.45) is 0 Å². The Balaban J connectivity index is 1.85. The molecule has 1 heterocycles. The maximum Gasteiger partial charge on any atom is 0.267 e. The molecule has 3 aromatic rings. The van der Waals surface area contributed by atoms with E-state index in [9.17, 15) is 13.2 Å². The Hall–Kier alpha value is -2.84. The molecule has 1 amide bonds. The van der Waals surface area contributed by atoms with Crippen molar-refractivity contribution in [3.63, 3.8) is 0 Å². The lowest BCUT2D eigenvalue weighted by Gasteiger charge is -2.20. The fourth-order valence-electron chi connectivity index (χ4n) is 2.74. The van der Waals surface area contributed by atoms with Crippen LogP contribution in [0.2, 0.25) is 0 Å². The lowest BCUT2D eigenvalue weighted by atomic mass is 10.2. The Morgan fingerprint density at radius 2 is 1.48 bits per heavy atom. The molecule has 3 rings (SSSR count). The minimum absolute atomic E-state index is 0.00649. The van der Waals surface area contributed by atoms with Crippen LogP contribution in [0.4, 0.5) is 17.1 Å². The first-order valence-corrected chi connectivity index (χ1v) is 11.2. The van der Waals surface area contributed by atoms with Gasteiger partial charge in [-0.05, 0) is 54.8 Å². The number of hydrogen-bond donors (Lipinski definition) is 1. The summed E-state index contributed by atoms with van der Waals surface area (Å²) < 4.78 is 27.4. The molecule has 6 nitrogen and oxygen atoms in total. The molecule has 1 aromatic heterocycles. The summed E-state index contributed by atoms with van der Waals surface area (Å²) >= 11 is 1.10. The van der Waals surface area contributed by atoms with Crippen LogP contribution >= 0.6 is 11.3 Å². The molecular weight excluding hydrogens is 406 g/mol. The molecule has 29 heavy (non-hydrogen) atoms. The number of aryl methyl sites for hydroxylation is 1. The van der Waals surface area contributed by atoms with Crippen LogP contribution in [0.1, 0.15) is 15.2 Å². The van der Waals surface area contributed by atoms with Crippen LogP contribution in [-0.2, 0) is 10.0 Å². The zero-order valence-corrected chi connectivity index (χ0v) is 18.3. The summed E-state index contributed by atoms with van der Waals surface area (Å²) in [5.41, 5.74) is 3.18. The number of rotatable bonds is 6. The van der Waals surface area contributed by atoms with Crippen molar-refractivity contribution < 1.29 is 13.2 Å². The first-order valence-electron chi connectivity index (χ1n) is 8.92. The number of benzene rings is 2. The van der Waals surface area contributed by atoms with Gasteiger partial charge in [-0.1, -0.05) is 17.7 Å².